The molecule has 1 saturated carbocycles. The number of nitrogens with zero attached hydrogens (tertiary/aromatic N) is 2. The number of benzene rings is 2. The van der Waals surface area contributed by atoms with Crippen LogP contribution in [-0.2, 0) is 36.3 Å². The van der Waals surface area contributed by atoms with Crippen molar-refractivity contribution in [2.45, 2.75) is 42.8 Å². The van der Waals surface area contributed by atoms with E-state index in [1.54, 1.807) is 23.1 Å². The van der Waals surface area contributed by atoms with Gasteiger partial charge in [-0.3, -0.25) is 19.7 Å². The van der Waals surface area contributed by atoms with Crippen LogP contribution in [0.3, 0.4) is 0 Å². The van der Waals surface area contributed by atoms with Gasteiger partial charge in [-0.2, -0.15) is 0 Å². The fourth-order valence-electron chi connectivity index (χ4n) is 4.85. The van der Waals surface area contributed by atoms with Gasteiger partial charge in [0.2, 0.25) is 21.3 Å². The first-order valence-corrected chi connectivity index (χ1v) is 12.6. The van der Waals surface area contributed by atoms with Crippen molar-refractivity contribution in [1.82, 2.24) is 15.1 Å². The SMILES string of the molecule is C[C@@H](C1CC1)N(Cc1ccc(F)cc1)C(=O)CN1CNC2(C1=O)C(=O)S(=O)(=O)c1ccccc12. The zero-order valence-electron chi connectivity index (χ0n) is 18.5. The monoisotopic (exact) mass is 485 g/mol. The third kappa shape index (κ3) is 3.43. The Bertz CT molecular complexity index is 1290. The molecule has 2 aliphatic heterocycles. The maximum Gasteiger partial charge on any atom is 0.285 e. The fourth-order valence-corrected chi connectivity index (χ4v) is 6.49. The van der Waals surface area contributed by atoms with E-state index in [9.17, 15) is 27.2 Å². The summed E-state index contributed by atoms with van der Waals surface area (Å²) in [4.78, 5) is 42.4. The van der Waals surface area contributed by atoms with Gasteiger partial charge in [0.05, 0.1) is 11.6 Å². The van der Waals surface area contributed by atoms with Crippen LogP contribution in [0.25, 0.3) is 0 Å². The highest BCUT2D eigenvalue weighted by Crippen LogP contribution is 2.42. The highest BCUT2D eigenvalue weighted by molar-refractivity contribution is 8.06. The summed E-state index contributed by atoms with van der Waals surface area (Å²) in [7, 11) is -4.31. The number of amides is 2. The van der Waals surface area contributed by atoms with E-state index in [-0.39, 0.29) is 48.0 Å². The summed E-state index contributed by atoms with van der Waals surface area (Å²) in [5, 5.41) is 1.58. The van der Waals surface area contributed by atoms with Gasteiger partial charge in [-0.05, 0) is 49.4 Å². The number of rotatable bonds is 6. The molecular formula is C24H24FN3O5S. The van der Waals surface area contributed by atoms with E-state index in [0.29, 0.717) is 5.92 Å². The average Bonchev–Trinajstić information content (AvgIpc) is 3.60. The fraction of sp³-hybridized carbons (Fsp3) is 0.375. The Kier molecular flexibility index (Phi) is 5.33. The molecule has 2 heterocycles. The van der Waals surface area contributed by atoms with E-state index in [1.165, 1.54) is 35.2 Å². The van der Waals surface area contributed by atoms with Gasteiger partial charge in [0.15, 0.2) is 0 Å². The van der Waals surface area contributed by atoms with Gasteiger partial charge in [-0.1, -0.05) is 30.3 Å². The van der Waals surface area contributed by atoms with Crippen LogP contribution in [-0.4, -0.2) is 54.4 Å². The Balaban J connectivity index is 1.40. The quantitative estimate of drug-likeness (QED) is 0.623. The molecule has 2 amide bonds. The number of nitrogens with one attached hydrogen (secondary N) is 1. The van der Waals surface area contributed by atoms with Crippen molar-refractivity contribution in [3.8, 4) is 0 Å². The van der Waals surface area contributed by atoms with Crippen LogP contribution in [0.4, 0.5) is 4.39 Å². The molecule has 3 aliphatic rings. The highest BCUT2D eigenvalue weighted by atomic mass is 32.2. The molecule has 2 atom stereocenters. The minimum atomic E-state index is -4.31. The summed E-state index contributed by atoms with van der Waals surface area (Å²) >= 11 is 0. The van der Waals surface area contributed by atoms with Gasteiger partial charge in [-0.25, -0.2) is 12.8 Å². The van der Waals surface area contributed by atoms with E-state index in [2.05, 4.69) is 5.32 Å². The Labute approximate surface area is 196 Å². The zero-order chi connectivity index (χ0) is 24.3. The summed E-state index contributed by atoms with van der Waals surface area (Å²) < 4.78 is 38.7. The van der Waals surface area contributed by atoms with Crippen LogP contribution in [0.1, 0.15) is 30.9 Å². The molecule has 1 spiro atoms. The van der Waals surface area contributed by atoms with Crippen molar-refractivity contribution >= 4 is 26.8 Å². The first-order valence-electron chi connectivity index (χ1n) is 11.1. The first-order chi connectivity index (χ1) is 16.2. The molecule has 5 rings (SSSR count). The molecule has 8 nitrogen and oxygen atoms in total. The van der Waals surface area contributed by atoms with Gasteiger partial charge >= 0.3 is 0 Å². The van der Waals surface area contributed by atoms with Crippen molar-refractivity contribution in [3.05, 3.63) is 65.5 Å². The van der Waals surface area contributed by atoms with Gasteiger partial charge in [0, 0.05) is 18.2 Å². The first kappa shape index (κ1) is 22.7. The smallest absolute Gasteiger partial charge is 0.285 e. The van der Waals surface area contributed by atoms with Crippen molar-refractivity contribution in [3.63, 3.8) is 0 Å². The molecule has 1 saturated heterocycles. The average molecular weight is 486 g/mol. The van der Waals surface area contributed by atoms with E-state index in [0.717, 1.165) is 18.4 Å². The number of halogens is 1. The summed E-state index contributed by atoms with van der Waals surface area (Å²) in [5.74, 6) is -1.08. The minimum absolute atomic E-state index is 0.0774. The Hall–Kier alpha value is -3.11. The molecule has 2 aromatic rings. The number of sulfone groups is 1. The number of carbonyl (C=O) groups excluding carboxylic acids is 3. The molecular weight excluding hydrogens is 461 g/mol. The molecule has 178 valence electrons. The lowest BCUT2D eigenvalue weighted by molar-refractivity contribution is -0.143. The molecule has 0 bridgehead atoms. The molecule has 10 heteroatoms. The summed E-state index contributed by atoms with van der Waals surface area (Å²) in [6.45, 7) is 1.77. The maximum atomic E-state index is 13.4. The van der Waals surface area contributed by atoms with E-state index >= 15 is 0 Å². The zero-order valence-corrected chi connectivity index (χ0v) is 19.3. The molecule has 2 fully saturated rings. The van der Waals surface area contributed by atoms with Crippen LogP contribution in [0.5, 0.6) is 0 Å². The minimum Gasteiger partial charge on any atom is -0.334 e. The van der Waals surface area contributed by atoms with Crippen molar-refractivity contribution in [2.75, 3.05) is 13.2 Å². The predicted molar refractivity (Wildman–Crippen MR) is 119 cm³/mol. The van der Waals surface area contributed by atoms with Crippen LogP contribution >= 0.6 is 0 Å². The Morgan fingerprint density at radius 2 is 1.85 bits per heavy atom. The lowest BCUT2D eigenvalue weighted by atomic mass is 9.91. The molecule has 1 unspecified atom stereocenters. The topological polar surface area (TPSA) is 104 Å². The maximum absolute atomic E-state index is 13.4. The number of hydrogen-bond donors (Lipinski definition) is 1. The molecule has 1 aliphatic carbocycles. The third-order valence-corrected chi connectivity index (χ3v) is 8.71. The van der Waals surface area contributed by atoms with E-state index in [1.807, 2.05) is 6.92 Å². The highest BCUT2D eigenvalue weighted by Gasteiger charge is 2.64. The lowest BCUT2D eigenvalue weighted by Gasteiger charge is -2.31. The van der Waals surface area contributed by atoms with Gasteiger partial charge in [-0.15, -0.1) is 0 Å². The van der Waals surface area contributed by atoms with Crippen molar-refractivity contribution in [2.24, 2.45) is 5.92 Å². The summed E-state index contributed by atoms with van der Waals surface area (Å²) in [6, 6.07) is 11.6. The Morgan fingerprint density at radius 3 is 2.53 bits per heavy atom. The molecule has 0 radical (unpaired) electrons. The van der Waals surface area contributed by atoms with Gasteiger partial charge in [0.1, 0.15) is 12.4 Å². The summed E-state index contributed by atoms with van der Waals surface area (Å²) in [6.07, 6.45) is 2.01. The normalized spacial score (nSPS) is 23.9. The summed E-state index contributed by atoms with van der Waals surface area (Å²) in [5.41, 5.74) is -1.18. The van der Waals surface area contributed by atoms with Crippen molar-refractivity contribution < 1.29 is 27.2 Å². The van der Waals surface area contributed by atoms with Crippen LogP contribution < -0.4 is 5.32 Å². The third-order valence-electron chi connectivity index (χ3n) is 6.98. The second-order valence-corrected chi connectivity index (χ2v) is 10.9. The second-order valence-electron chi connectivity index (χ2n) is 9.10. The molecule has 2 aromatic carbocycles. The van der Waals surface area contributed by atoms with E-state index in [4.69, 9.17) is 0 Å². The van der Waals surface area contributed by atoms with Crippen molar-refractivity contribution in [1.29, 1.82) is 0 Å². The second kappa shape index (κ2) is 7.99. The van der Waals surface area contributed by atoms with Crippen LogP contribution in [0, 0.1) is 11.7 Å². The van der Waals surface area contributed by atoms with E-state index < -0.39 is 26.4 Å². The lowest BCUT2D eigenvalue weighted by Crippen LogP contribution is -2.50. The largest absolute Gasteiger partial charge is 0.334 e. The predicted octanol–water partition coefficient (Wildman–Crippen LogP) is 1.55. The standard InChI is InChI=1S/C24H24FN3O5S/c1-15(17-8-9-17)28(12-16-6-10-18(25)11-7-16)21(29)13-27-14-26-24(22(27)30)19-4-2-3-5-20(19)34(32,33)23(24)31/h2-7,10-11,15,17,26H,8-9,12-14H2,1H3/t15-,24?/m0/s1. The number of carbonyl (C=O) groups is 3. The number of fused-ring (bicyclic) bond motifs is 2. The Morgan fingerprint density at radius 1 is 1.18 bits per heavy atom. The van der Waals surface area contributed by atoms with Gasteiger partial charge in [0.25, 0.3) is 11.0 Å². The number of hydrogen-bond acceptors (Lipinski definition) is 6. The van der Waals surface area contributed by atoms with Crippen LogP contribution in [0.2, 0.25) is 0 Å². The molecule has 1 N–H and O–H groups in total. The molecule has 0 aromatic heterocycles. The molecule has 34 heavy (non-hydrogen) atoms. The van der Waals surface area contributed by atoms with Crippen LogP contribution in [0.15, 0.2) is 53.4 Å². The van der Waals surface area contributed by atoms with Gasteiger partial charge < -0.3 is 9.80 Å².